The van der Waals surface area contributed by atoms with Gasteiger partial charge in [-0.1, -0.05) is 17.7 Å². The molecule has 1 atom stereocenters. The van der Waals surface area contributed by atoms with E-state index in [2.05, 4.69) is 4.36 Å². The monoisotopic (exact) mass is 307 g/mol. The quantitative estimate of drug-likeness (QED) is 0.791. The molecule has 0 spiro atoms. The number of ether oxygens (including phenoxy) is 1. The van der Waals surface area contributed by atoms with E-state index in [1.807, 2.05) is 0 Å². The number of nitrogens with zero attached hydrogens (tertiary/aromatic N) is 1. The highest BCUT2D eigenvalue weighted by atomic mass is 35.5. The lowest BCUT2D eigenvalue weighted by Gasteiger charge is -2.17. The Bertz CT molecular complexity index is 596. The summed E-state index contributed by atoms with van der Waals surface area (Å²) in [5, 5.41) is -0.0418. The standard InChI is InChI=1S/C12H15ClFNO3S/c1-12(2,3)18-11(16)15-19(4,17)10-8(13)6-5-7-9(10)14/h5-7H,1-4H3. The van der Waals surface area contributed by atoms with Crippen molar-refractivity contribution in [3.8, 4) is 0 Å². The van der Waals surface area contributed by atoms with E-state index in [4.69, 9.17) is 16.3 Å². The summed E-state index contributed by atoms with van der Waals surface area (Å²) in [4.78, 5) is 11.2. The predicted octanol–water partition coefficient (Wildman–Crippen LogP) is 3.87. The van der Waals surface area contributed by atoms with Crippen LogP contribution in [0.4, 0.5) is 9.18 Å². The number of benzene rings is 1. The molecule has 1 aromatic carbocycles. The minimum atomic E-state index is -3.30. The number of carbonyl (C=O) groups is 1. The van der Waals surface area contributed by atoms with Crippen LogP contribution in [0.3, 0.4) is 0 Å². The van der Waals surface area contributed by atoms with Gasteiger partial charge < -0.3 is 4.74 Å². The fourth-order valence-corrected chi connectivity index (χ4v) is 3.18. The van der Waals surface area contributed by atoms with Gasteiger partial charge in [-0.15, -0.1) is 4.36 Å². The Labute approximate surface area is 117 Å². The second-order valence-corrected chi connectivity index (χ2v) is 7.53. The number of amides is 1. The molecule has 0 aliphatic carbocycles. The molecule has 0 aliphatic rings. The fourth-order valence-electron chi connectivity index (χ4n) is 1.31. The molecule has 1 amide bonds. The molecule has 106 valence electrons. The summed E-state index contributed by atoms with van der Waals surface area (Å²) in [6.45, 7) is 4.94. The van der Waals surface area contributed by atoms with Gasteiger partial charge in [-0.05, 0) is 32.9 Å². The van der Waals surface area contributed by atoms with Crippen molar-refractivity contribution in [3.63, 3.8) is 0 Å². The van der Waals surface area contributed by atoms with E-state index in [9.17, 15) is 13.4 Å². The van der Waals surface area contributed by atoms with Crippen LogP contribution in [0, 0.1) is 5.82 Å². The van der Waals surface area contributed by atoms with Crippen LogP contribution in [0.15, 0.2) is 27.5 Å². The van der Waals surface area contributed by atoms with Gasteiger partial charge in [-0.25, -0.2) is 13.4 Å². The maximum atomic E-state index is 13.7. The smallest absolute Gasteiger partial charge is 0.442 e. The SMILES string of the molecule is CC(C)(C)OC(=O)N=S(C)(=O)c1c(F)cccc1Cl. The Hall–Kier alpha value is -1.14. The van der Waals surface area contributed by atoms with E-state index < -0.39 is 27.2 Å². The first-order chi connectivity index (χ1) is 8.53. The topological polar surface area (TPSA) is 55.7 Å². The Morgan fingerprint density at radius 3 is 2.47 bits per heavy atom. The van der Waals surface area contributed by atoms with E-state index in [0.29, 0.717) is 0 Å². The third kappa shape index (κ3) is 4.47. The molecule has 0 radical (unpaired) electrons. The second kappa shape index (κ2) is 5.46. The molecule has 0 saturated carbocycles. The molecule has 0 fully saturated rings. The van der Waals surface area contributed by atoms with E-state index in [0.717, 1.165) is 12.3 Å². The lowest BCUT2D eigenvalue weighted by molar-refractivity contribution is 0.0607. The Morgan fingerprint density at radius 2 is 2.00 bits per heavy atom. The molecule has 7 heteroatoms. The highest BCUT2D eigenvalue weighted by molar-refractivity contribution is 7.93. The zero-order valence-corrected chi connectivity index (χ0v) is 12.6. The summed E-state index contributed by atoms with van der Waals surface area (Å²) in [7, 11) is -3.30. The summed E-state index contributed by atoms with van der Waals surface area (Å²) < 4.78 is 34.3. The van der Waals surface area contributed by atoms with Crippen LogP contribution < -0.4 is 0 Å². The molecule has 1 aromatic rings. The molecular formula is C12H15ClFNO3S. The molecule has 0 aromatic heterocycles. The van der Waals surface area contributed by atoms with E-state index in [1.54, 1.807) is 20.8 Å². The summed E-state index contributed by atoms with van der Waals surface area (Å²) in [6, 6.07) is 3.87. The predicted molar refractivity (Wildman–Crippen MR) is 72.4 cm³/mol. The van der Waals surface area contributed by atoms with E-state index in [-0.39, 0.29) is 9.92 Å². The van der Waals surface area contributed by atoms with Crippen LogP contribution >= 0.6 is 11.6 Å². The zero-order chi connectivity index (χ0) is 14.8. The van der Waals surface area contributed by atoms with E-state index in [1.165, 1.54) is 12.1 Å². The van der Waals surface area contributed by atoms with Crippen molar-refractivity contribution in [2.45, 2.75) is 31.3 Å². The van der Waals surface area contributed by atoms with Crippen molar-refractivity contribution in [2.75, 3.05) is 6.26 Å². The minimum Gasteiger partial charge on any atom is -0.442 e. The van der Waals surface area contributed by atoms with Gasteiger partial charge in [0.1, 0.15) is 16.3 Å². The first kappa shape index (κ1) is 15.9. The van der Waals surface area contributed by atoms with Crippen molar-refractivity contribution in [1.82, 2.24) is 0 Å². The van der Waals surface area contributed by atoms with Gasteiger partial charge in [-0.3, -0.25) is 0 Å². The van der Waals surface area contributed by atoms with Crippen molar-refractivity contribution in [2.24, 2.45) is 4.36 Å². The van der Waals surface area contributed by atoms with Crippen LogP contribution in [0.5, 0.6) is 0 Å². The van der Waals surface area contributed by atoms with Gasteiger partial charge in [0.25, 0.3) is 0 Å². The zero-order valence-electron chi connectivity index (χ0n) is 11.1. The number of carbonyl (C=O) groups excluding carboxylic acids is 1. The van der Waals surface area contributed by atoms with Crippen LogP contribution in [-0.2, 0) is 14.5 Å². The Balaban J connectivity index is 3.25. The average Bonchev–Trinajstić information content (AvgIpc) is 2.11. The maximum Gasteiger partial charge on any atom is 0.442 e. The molecule has 1 rings (SSSR count). The average molecular weight is 308 g/mol. The summed E-state index contributed by atoms with van der Waals surface area (Å²) >= 11 is 5.80. The van der Waals surface area contributed by atoms with Gasteiger partial charge in [0.05, 0.1) is 14.8 Å². The normalized spacial score (nSPS) is 14.6. The van der Waals surface area contributed by atoms with Crippen molar-refractivity contribution in [1.29, 1.82) is 0 Å². The van der Waals surface area contributed by atoms with Gasteiger partial charge in [0, 0.05) is 6.26 Å². The van der Waals surface area contributed by atoms with Gasteiger partial charge in [0.15, 0.2) is 0 Å². The van der Waals surface area contributed by atoms with Gasteiger partial charge in [-0.2, -0.15) is 0 Å². The third-order valence-electron chi connectivity index (χ3n) is 1.94. The molecule has 0 aliphatic heterocycles. The third-order valence-corrected chi connectivity index (χ3v) is 4.04. The number of halogens is 2. The Kier molecular flexibility index (Phi) is 4.58. The molecule has 0 N–H and O–H groups in total. The first-order valence-corrected chi connectivity index (χ1v) is 7.72. The minimum absolute atomic E-state index is 0.0418. The van der Waals surface area contributed by atoms with Crippen molar-refractivity contribution >= 4 is 27.4 Å². The lowest BCUT2D eigenvalue weighted by atomic mass is 10.2. The molecule has 4 nitrogen and oxygen atoms in total. The highest BCUT2D eigenvalue weighted by Crippen LogP contribution is 2.26. The van der Waals surface area contributed by atoms with Gasteiger partial charge in [0.2, 0.25) is 0 Å². The molecule has 1 unspecified atom stereocenters. The summed E-state index contributed by atoms with van der Waals surface area (Å²) in [5.74, 6) is -0.771. The maximum absolute atomic E-state index is 13.7. The molecule has 0 saturated heterocycles. The van der Waals surface area contributed by atoms with Crippen LogP contribution in [-0.4, -0.2) is 22.2 Å². The molecule has 0 heterocycles. The molecule has 0 bridgehead atoms. The summed E-state index contributed by atoms with van der Waals surface area (Å²) in [6.07, 6.45) is 0.126. The van der Waals surface area contributed by atoms with Crippen LogP contribution in [0.1, 0.15) is 20.8 Å². The van der Waals surface area contributed by atoms with Gasteiger partial charge >= 0.3 is 6.09 Å². The lowest BCUT2D eigenvalue weighted by Crippen LogP contribution is -2.22. The first-order valence-electron chi connectivity index (χ1n) is 5.42. The van der Waals surface area contributed by atoms with Crippen molar-refractivity contribution < 1.29 is 18.1 Å². The number of hydrogen-bond donors (Lipinski definition) is 0. The van der Waals surface area contributed by atoms with Crippen molar-refractivity contribution in [3.05, 3.63) is 29.0 Å². The molecular weight excluding hydrogens is 293 g/mol. The van der Waals surface area contributed by atoms with E-state index >= 15 is 0 Å². The molecule has 19 heavy (non-hydrogen) atoms. The number of hydrogen-bond acceptors (Lipinski definition) is 3. The Morgan fingerprint density at radius 1 is 1.42 bits per heavy atom. The largest absolute Gasteiger partial charge is 0.442 e. The fraction of sp³-hybridized carbons (Fsp3) is 0.417. The number of rotatable bonds is 1. The second-order valence-electron chi connectivity index (χ2n) is 4.92. The van der Waals surface area contributed by atoms with Crippen LogP contribution in [0.25, 0.3) is 0 Å². The van der Waals surface area contributed by atoms with Crippen LogP contribution in [0.2, 0.25) is 5.02 Å². The highest BCUT2D eigenvalue weighted by Gasteiger charge is 2.21. The summed E-state index contributed by atoms with van der Waals surface area (Å²) in [5.41, 5.74) is -0.769.